The van der Waals surface area contributed by atoms with Gasteiger partial charge in [0.2, 0.25) is 0 Å². The van der Waals surface area contributed by atoms with Crippen molar-refractivity contribution in [1.29, 1.82) is 0 Å². The third-order valence-electron chi connectivity index (χ3n) is 2.16. The van der Waals surface area contributed by atoms with Gasteiger partial charge in [-0.25, -0.2) is 14.8 Å². The Bertz CT molecular complexity index is 363. The monoisotopic (exact) mass is 243 g/mol. The lowest BCUT2D eigenvalue weighted by molar-refractivity contribution is 0.0496. The van der Waals surface area contributed by atoms with Crippen LogP contribution >= 0.6 is 11.3 Å². The second-order valence-corrected chi connectivity index (χ2v) is 4.10. The molecule has 0 aromatic carbocycles. The Balaban J connectivity index is 1.94. The number of hydrazine groups is 1. The SMILES string of the molecule is COC(=O)c1csc(NN2CCOCC2)n1. The van der Waals surface area contributed by atoms with Gasteiger partial charge in [-0.2, -0.15) is 0 Å². The highest BCUT2D eigenvalue weighted by atomic mass is 32.1. The maximum atomic E-state index is 11.2. The van der Waals surface area contributed by atoms with Crippen LogP contribution in [0.2, 0.25) is 0 Å². The molecule has 2 heterocycles. The molecule has 6 nitrogen and oxygen atoms in total. The van der Waals surface area contributed by atoms with Gasteiger partial charge in [-0.05, 0) is 0 Å². The van der Waals surface area contributed by atoms with E-state index in [4.69, 9.17) is 4.74 Å². The van der Waals surface area contributed by atoms with Gasteiger partial charge in [-0.15, -0.1) is 11.3 Å². The van der Waals surface area contributed by atoms with E-state index in [1.807, 2.05) is 5.01 Å². The van der Waals surface area contributed by atoms with E-state index in [-0.39, 0.29) is 0 Å². The van der Waals surface area contributed by atoms with E-state index in [9.17, 15) is 4.79 Å². The summed E-state index contributed by atoms with van der Waals surface area (Å²) in [5.74, 6) is -0.411. The van der Waals surface area contributed by atoms with Crippen molar-refractivity contribution in [2.45, 2.75) is 0 Å². The number of nitrogens with one attached hydrogen (secondary N) is 1. The number of carbonyl (C=O) groups excluding carboxylic acids is 1. The van der Waals surface area contributed by atoms with Gasteiger partial charge < -0.3 is 9.47 Å². The summed E-state index contributed by atoms with van der Waals surface area (Å²) in [6.45, 7) is 3.05. The first-order valence-corrected chi connectivity index (χ1v) is 5.81. The first kappa shape index (κ1) is 11.3. The summed E-state index contributed by atoms with van der Waals surface area (Å²) in [5.41, 5.74) is 3.47. The van der Waals surface area contributed by atoms with E-state index in [2.05, 4.69) is 15.1 Å². The number of thiazole rings is 1. The highest BCUT2D eigenvalue weighted by Crippen LogP contribution is 2.17. The number of rotatable bonds is 3. The predicted molar refractivity (Wildman–Crippen MR) is 59.5 cm³/mol. The van der Waals surface area contributed by atoms with Crippen molar-refractivity contribution < 1.29 is 14.3 Å². The smallest absolute Gasteiger partial charge is 0.357 e. The Hall–Kier alpha value is -1.18. The van der Waals surface area contributed by atoms with Crippen LogP contribution in [0.1, 0.15) is 10.5 Å². The van der Waals surface area contributed by atoms with Gasteiger partial charge in [-0.1, -0.05) is 0 Å². The van der Waals surface area contributed by atoms with Crippen molar-refractivity contribution in [3.05, 3.63) is 11.1 Å². The number of hydrogen-bond donors (Lipinski definition) is 1. The summed E-state index contributed by atoms with van der Waals surface area (Å²) in [5, 5.41) is 4.39. The number of hydrogen-bond acceptors (Lipinski definition) is 7. The third-order valence-corrected chi connectivity index (χ3v) is 2.91. The lowest BCUT2D eigenvalue weighted by Gasteiger charge is -2.26. The van der Waals surface area contributed by atoms with Crippen molar-refractivity contribution >= 4 is 22.4 Å². The Labute approximate surface area is 97.1 Å². The summed E-state index contributed by atoms with van der Waals surface area (Å²) < 4.78 is 9.81. The zero-order chi connectivity index (χ0) is 11.4. The summed E-state index contributed by atoms with van der Waals surface area (Å²) >= 11 is 1.38. The molecule has 0 spiro atoms. The van der Waals surface area contributed by atoms with Crippen LogP contribution in [0.3, 0.4) is 0 Å². The molecule has 0 aliphatic carbocycles. The molecule has 88 valence electrons. The lowest BCUT2D eigenvalue weighted by atomic mass is 10.5. The second kappa shape index (κ2) is 5.24. The van der Waals surface area contributed by atoms with Crippen molar-refractivity contribution in [1.82, 2.24) is 9.99 Å². The molecule has 1 N–H and O–H groups in total. The van der Waals surface area contributed by atoms with E-state index in [0.29, 0.717) is 24.0 Å². The fraction of sp³-hybridized carbons (Fsp3) is 0.556. The van der Waals surface area contributed by atoms with Crippen LogP contribution in [0.25, 0.3) is 0 Å². The third kappa shape index (κ3) is 2.69. The standard InChI is InChI=1S/C9H13N3O3S/c1-14-8(13)7-6-16-9(10-7)11-12-2-4-15-5-3-12/h6H,2-5H2,1H3,(H,10,11). The van der Waals surface area contributed by atoms with Crippen molar-refractivity contribution in [2.24, 2.45) is 0 Å². The number of aromatic nitrogens is 1. The van der Waals surface area contributed by atoms with Crippen LogP contribution in [-0.4, -0.2) is 49.4 Å². The van der Waals surface area contributed by atoms with Crippen LogP contribution < -0.4 is 5.43 Å². The molecular formula is C9H13N3O3S. The molecule has 0 amide bonds. The summed E-state index contributed by atoms with van der Waals surface area (Å²) in [7, 11) is 1.34. The number of anilines is 1. The van der Waals surface area contributed by atoms with Crippen LogP contribution in [0.5, 0.6) is 0 Å². The fourth-order valence-corrected chi connectivity index (χ4v) is 2.04. The first-order valence-electron chi connectivity index (χ1n) is 4.93. The van der Waals surface area contributed by atoms with Gasteiger partial charge in [0.25, 0.3) is 0 Å². The van der Waals surface area contributed by atoms with Crippen LogP contribution in [0, 0.1) is 0 Å². The van der Waals surface area contributed by atoms with Gasteiger partial charge in [0.1, 0.15) is 0 Å². The first-order chi connectivity index (χ1) is 7.79. The summed E-state index contributed by atoms with van der Waals surface area (Å²) in [6, 6.07) is 0. The van der Waals surface area contributed by atoms with Gasteiger partial charge in [-0.3, -0.25) is 5.43 Å². The van der Waals surface area contributed by atoms with Crippen molar-refractivity contribution in [3.63, 3.8) is 0 Å². The van der Waals surface area contributed by atoms with E-state index >= 15 is 0 Å². The average Bonchev–Trinajstić information content (AvgIpc) is 2.78. The molecule has 1 fully saturated rings. The zero-order valence-electron chi connectivity index (χ0n) is 8.93. The predicted octanol–water partition coefficient (Wildman–Crippen LogP) is 0.589. The second-order valence-electron chi connectivity index (χ2n) is 3.24. The molecule has 2 rings (SSSR count). The summed E-state index contributed by atoms with van der Waals surface area (Å²) in [6.07, 6.45) is 0. The zero-order valence-corrected chi connectivity index (χ0v) is 9.75. The van der Waals surface area contributed by atoms with Crippen LogP contribution in [0.15, 0.2) is 5.38 Å². The average molecular weight is 243 g/mol. The molecule has 1 aliphatic rings. The van der Waals surface area contributed by atoms with E-state index in [1.165, 1.54) is 18.4 Å². The quantitative estimate of drug-likeness (QED) is 0.784. The van der Waals surface area contributed by atoms with Gasteiger partial charge in [0.15, 0.2) is 10.8 Å². The Morgan fingerprint density at radius 2 is 2.38 bits per heavy atom. The molecule has 7 heteroatoms. The topological polar surface area (TPSA) is 63.7 Å². The maximum absolute atomic E-state index is 11.2. The molecule has 1 aliphatic heterocycles. The van der Waals surface area contributed by atoms with Crippen molar-refractivity contribution in [3.8, 4) is 0 Å². The molecule has 1 saturated heterocycles. The Kier molecular flexibility index (Phi) is 3.70. The van der Waals surface area contributed by atoms with Gasteiger partial charge in [0, 0.05) is 18.5 Å². The number of esters is 1. The van der Waals surface area contributed by atoms with Gasteiger partial charge >= 0.3 is 5.97 Å². The molecule has 0 unspecified atom stereocenters. The number of morpholine rings is 1. The highest BCUT2D eigenvalue weighted by Gasteiger charge is 2.14. The van der Waals surface area contributed by atoms with Crippen molar-refractivity contribution in [2.75, 3.05) is 38.8 Å². The Morgan fingerprint density at radius 1 is 1.62 bits per heavy atom. The molecular weight excluding hydrogens is 230 g/mol. The molecule has 0 saturated carbocycles. The molecule has 16 heavy (non-hydrogen) atoms. The molecule has 1 aromatic heterocycles. The minimum Gasteiger partial charge on any atom is -0.464 e. The fourth-order valence-electron chi connectivity index (χ4n) is 1.33. The normalized spacial score (nSPS) is 17.1. The number of methoxy groups -OCH3 is 1. The lowest BCUT2D eigenvalue weighted by Crippen LogP contribution is -2.40. The highest BCUT2D eigenvalue weighted by molar-refractivity contribution is 7.13. The number of nitrogens with zero attached hydrogens (tertiary/aromatic N) is 2. The molecule has 0 radical (unpaired) electrons. The largest absolute Gasteiger partial charge is 0.464 e. The number of ether oxygens (including phenoxy) is 2. The Morgan fingerprint density at radius 3 is 3.06 bits per heavy atom. The molecule has 0 bridgehead atoms. The van der Waals surface area contributed by atoms with E-state index in [1.54, 1.807) is 5.38 Å². The van der Waals surface area contributed by atoms with Gasteiger partial charge in [0.05, 0.1) is 20.3 Å². The molecule has 1 aromatic rings. The minimum absolute atomic E-state index is 0.336. The number of carbonyl (C=O) groups is 1. The van der Waals surface area contributed by atoms with Crippen LogP contribution in [-0.2, 0) is 9.47 Å². The maximum Gasteiger partial charge on any atom is 0.357 e. The van der Waals surface area contributed by atoms with Crippen LogP contribution in [0.4, 0.5) is 5.13 Å². The minimum atomic E-state index is -0.411. The molecule has 0 atom stereocenters. The van der Waals surface area contributed by atoms with E-state index in [0.717, 1.165) is 13.1 Å². The van der Waals surface area contributed by atoms with E-state index < -0.39 is 5.97 Å². The summed E-state index contributed by atoms with van der Waals surface area (Å²) in [4.78, 5) is 15.3.